The fourth-order valence-corrected chi connectivity index (χ4v) is 1.86. The summed E-state index contributed by atoms with van der Waals surface area (Å²) in [5.41, 5.74) is 0. The Kier molecular flexibility index (Phi) is 3.86. The quantitative estimate of drug-likeness (QED) is 0.539. The summed E-state index contributed by atoms with van der Waals surface area (Å²) in [5.74, 6) is 0. The third kappa shape index (κ3) is 3.57. The van der Waals surface area contributed by atoms with Gasteiger partial charge in [-0.15, -0.1) is 0 Å². The maximum atomic E-state index is 5.67. The van der Waals surface area contributed by atoms with Crippen LogP contribution < -0.4 is 0 Å². The molecule has 0 radical (unpaired) electrons. The molecule has 0 unspecified atom stereocenters. The average molecular weight is 228 g/mol. The van der Waals surface area contributed by atoms with Gasteiger partial charge in [0, 0.05) is 9.92 Å². The zero-order valence-electron chi connectivity index (χ0n) is 5.43. The van der Waals surface area contributed by atoms with E-state index in [2.05, 4.69) is 0 Å². The van der Waals surface area contributed by atoms with Crippen molar-refractivity contribution in [2.24, 2.45) is 0 Å². The fraction of sp³-hybridized carbons (Fsp3) is 0.143. The molecular formula is C7H5Cl3S. The molecule has 0 heterocycles. The third-order valence-electron chi connectivity index (χ3n) is 1.04. The maximum absolute atomic E-state index is 5.67. The molecule has 4 heteroatoms. The molecular weight excluding hydrogens is 223 g/mol. The van der Waals surface area contributed by atoms with Gasteiger partial charge in [-0.1, -0.05) is 46.6 Å². The van der Waals surface area contributed by atoms with Crippen molar-refractivity contribution >= 4 is 46.6 Å². The summed E-state index contributed by atoms with van der Waals surface area (Å²) >= 11 is 18.1. The summed E-state index contributed by atoms with van der Waals surface area (Å²) < 4.78 is -0.420. The highest BCUT2D eigenvalue weighted by atomic mass is 35.5. The lowest BCUT2D eigenvalue weighted by Crippen LogP contribution is -1.76. The highest BCUT2D eigenvalue weighted by Gasteiger charge is 2.00. The molecule has 0 aliphatic rings. The SMILES string of the molecule is Clc1ccc(SC(Cl)Cl)cc1. The van der Waals surface area contributed by atoms with Crippen LogP contribution in [0.15, 0.2) is 29.2 Å². The van der Waals surface area contributed by atoms with Gasteiger partial charge in [-0.25, -0.2) is 0 Å². The van der Waals surface area contributed by atoms with Crippen LogP contribution in [-0.4, -0.2) is 4.17 Å². The Bertz CT molecular complexity index is 220. The molecule has 0 N–H and O–H groups in total. The van der Waals surface area contributed by atoms with Gasteiger partial charge >= 0.3 is 0 Å². The van der Waals surface area contributed by atoms with Gasteiger partial charge in [0.2, 0.25) is 0 Å². The summed E-state index contributed by atoms with van der Waals surface area (Å²) in [6, 6.07) is 7.37. The summed E-state index contributed by atoms with van der Waals surface area (Å²) in [7, 11) is 0. The predicted molar refractivity (Wildman–Crippen MR) is 52.8 cm³/mol. The first kappa shape index (κ1) is 9.53. The van der Waals surface area contributed by atoms with E-state index in [9.17, 15) is 0 Å². The second kappa shape index (κ2) is 4.46. The van der Waals surface area contributed by atoms with E-state index in [1.165, 1.54) is 11.8 Å². The smallest absolute Gasteiger partial charge is 0.0928 e. The molecule has 1 aromatic carbocycles. The molecule has 11 heavy (non-hydrogen) atoms. The second-order valence-corrected chi connectivity index (χ2v) is 5.06. The van der Waals surface area contributed by atoms with E-state index in [-0.39, 0.29) is 0 Å². The lowest BCUT2D eigenvalue weighted by Gasteiger charge is -1.99. The Balaban J connectivity index is 2.66. The van der Waals surface area contributed by atoms with Gasteiger partial charge in [0.15, 0.2) is 4.17 Å². The average Bonchev–Trinajstić information content (AvgIpc) is 1.93. The molecule has 0 atom stereocenters. The fourth-order valence-electron chi connectivity index (χ4n) is 0.616. The summed E-state index contributed by atoms with van der Waals surface area (Å²) in [5, 5.41) is 0.718. The minimum absolute atomic E-state index is 0.420. The van der Waals surface area contributed by atoms with Crippen molar-refractivity contribution in [1.82, 2.24) is 0 Å². The van der Waals surface area contributed by atoms with Crippen molar-refractivity contribution in [3.05, 3.63) is 29.3 Å². The van der Waals surface area contributed by atoms with E-state index < -0.39 is 4.17 Å². The van der Waals surface area contributed by atoms with E-state index in [1.807, 2.05) is 12.1 Å². The number of rotatable bonds is 2. The number of halogens is 3. The molecule has 0 saturated heterocycles. The number of hydrogen-bond donors (Lipinski definition) is 0. The Morgan fingerprint density at radius 3 is 2.09 bits per heavy atom. The molecule has 0 nitrogen and oxygen atoms in total. The van der Waals surface area contributed by atoms with Crippen LogP contribution >= 0.6 is 46.6 Å². The van der Waals surface area contributed by atoms with Crippen LogP contribution in [0, 0.1) is 0 Å². The van der Waals surface area contributed by atoms with Gasteiger partial charge < -0.3 is 0 Å². The number of benzene rings is 1. The van der Waals surface area contributed by atoms with E-state index in [0.29, 0.717) is 0 Å². The van der Waals surface area contributed by atoms with Crippen molar-refractivity contribution in [3.63, 3.8) is 0 Å². The summed E-state index contributed by atoms with van der Waals surface area (Å²) in [6.45, 7) is 0. The Hall–Kier alpha value is 0.440. The number of alkyl halides is 2. The number of thioether (sulfide) groups is 1. The van der Waals surface area contributed by atoms with Gasteiger partial charge in [0.1, 0.15) is 0 Å². The van der Waals surface area contributed by atoms with Crippen molar-refractivity contribution < 1.29 is 0 Å². The number of hydrogen-bond acceptors (Lipinski definition) is 1. The summed E-state index contributed by atoms with van der Waals surface area (Å²) in [4.78, 5) is 1.02. The van der Waals surface area contributed by atoms with Crippen molar-refractivity contribution in [3.8, 4) is 0 Å². The zero-order chi connectivity index (χ0) is 8.27. The highest BCUT2D eigenvalue weighted by Crippen LogP contribution is 2.28. The third-order valence-corrected chi connectivity index (χ3v) is 2.55. The van der Waals surface area contributed by atoms with E-state index in [1.54, 1.807) is 12.1 Å². The van der Waals surface area contributed by atoms with Gasteiger partial charge in [-0.3, -0.25) is 0 Å². The maximum Gasteiger partial charge on any atom is 0.157 e. The van der Waals surface area contributed by atoms with Crippen LogP contribution in [0.25, 0.3) is 0 Å². The first-order valence-corrected chi connectivity index (χ1v) is 5.02. The van der Waals surface area contributed by atoms with Crippen LogP contribution in [-0.2, 0) is 0 Å². The highest BCUT2D eigenvalue weighted by molar-refractivity contribution is 8.02. The molecule has 60 valence electrons. The predicted octanol–water partition coefficient (Wildman–Crippen LogP) is 4.19. The Morgan fingerprint density at radius 2 is 1.64 bits per heavy atom. The largest absolute Gasteiger partial charge is 0.157 e. The first-order chi connectivity index (χ1) is 5.18. The molecule has 0 saturated carbocycles. The van der Waals surface area contributed by atoms with Gasteiger partial charge in [0.05, 0.1) is 0 Å². The van der Waals surface area contributed by atoms with Crippen LogP contribution in [0.1, 0.15) is 0 Å². The first-order valence-electron chi connectivity index (χ1n) is 2.89. The Labute approximate surface area is 84.8 Å². The molecule has 0 aliphatic heterocycles. The molecule has 1 aromatic rings. The molecule has 1 rings (SSSR count). The Morgan fingerprint density at radius 1 is 1.09 bits per heavy atom. The lowest BCUT2D eigenvalue weighted by atomic mass is 10.4. The van der Waals surface area contributed by atoms with Crippen LogP contribution in [0.3, 0.4) is 0 Å². The minimum atomic E-state index is -0.420. The van der Waals surface area contributed by atoms with Gasteiger partial charge in [-0.2, -0.15) is 0 Å². The molecule has 0 bridgehead atoms. The molecule has 0 amide bonds. The molecule has 0 fully saturated rings. The van der Waals surface area contributed by atoms with E-state index in [4.69, 9.17) is 34.8 Å². The van der Waals surface area contributed by atoms with Gasteiger partial charge in [0.25, 0.3) is 0 Å². The molecule has 0 spiro atoms. The topological polar surface area (TPSA) is 0 Å². The monoisotopic (exact) mass is 226 g/mol. The summed E-state index contributed by atoms with van der Waals surface area (Å²) in [6.07, 6.45) is 0. The van der Waals surface area contributed by atoms with Crippen LogP contribution in [0.5, 0.6) is 0 Å². The van der Waals surface area contributed by atoms with Gasteiger partial charge in [-0.05, 0) is 24.3 Å². The zero-order valence-corrected chi connectivity index (χ0v) is 8.51. The van der Waals surface area contributed by atoms with Crippen molar-refractivity contribution in [2.45, 2.75) is 9.06 Å². The lowest BCUT2D eigenvalue weighted by molar-refractivity contribution is 1.46. The van der Waals surface area contributed by atoms with Crippen molar-refractivity contribution in [2.75, 3.05) is 0 Å². The molecule has 0 aromatic heterocycles. The van der Waals surface area contributed by atoms with E-state index in [0.717, 1.165) is 9.92 Å². The normalized spacial score (nSPS) is 10.5. The van der Waals surface area contributed by atoms with Crippen LogP contribution in [0.2, 0.25) is 5.02 Å². The minimum Gasteiger partial charge on any atom is -0.0928 e. The molecule has 0 aliphatic carbocycles. The van der Waals surface area contributed by atoms with E-state index >= 15 is 0 Å². The van der Waals surface area contributed by atoms with Crippen molar-refractivity contribution in [1.29, 1.82) is 0 Å². The standard InChI is InChI=1S/C7H5Cl3S/c8-5-1-3-6(4-2-5)11-7(9)10/h1-4,7H. The second-order valence-electron chi connectivity index (χ2n) is 1.83. The van der Waals surface area contributed by atoms with Crippen LogP contribution in [0.4, 0.5) is 0 Å².